The van der Waals surface area contributed by atoms with Crippen LogP contribution in [0.3, 0.4) is 0 Å². The summed E-state index contributed by atoms with van der Waals surface area (Å²) in [6.45, 7) is 0.377. The van der Waals surface area contributed by atoms with Crippen LogP contribution in [-0.2, 0) is 16.1 Å². The van der Waals surface area contributed by atoms with Crippen molar-refractivity contribution in [1.82, 2.24) is 10.2 Å². The number of nitrogens with zero attached hydrogens (tertiary/aromatic N) is 1. The lowest BCUT2D eigenvalue weighted by molar-refractivity contribution is -0.137. The highest BCUT2D eigenvalue weighted by molar-refractivity contribution is 9.10. The van der Waals surface area contributed by atoms with Crippen molar-refractivity contribution in [3.05, 3.63) is 34.3 Å². The maximum Gasteiger partial charge on any atom is 0.324 e. The van der Waals surface area contributed by atoms with E-state index in [1.807, 2.05) is 24.3 Å². The molecule has 0 saturated carbocycles. The fraction of sp³-hybridized carbons (Fsp3) is 0.357. The van der Waals surface area contributed by atoms with E-state index in [0.29, 0.717) is 6.54 Å². The van der Waals surface area contributed by atoms with Crippen molar-refractivity contribution < 1.29 is 19.5 Å². The molecule has 0 aromatic heterocycles. The smallest absolute Gasteiger partial charge is 0.324 e. The minimum Gasteiger partial charge on any atom is -0.481 e. The predicted molar refractivity (Wildman–Crippen MR) is 80.6 cm³/mol. The quantitative estimate of drug-likeness (QED) is 0.818. The molecule has 21 heavy (non-hydrogen) atoms. The van der Waals surface area contributed by atoms with Crippen LogP contribution < -0.4 is 5.32 Å². The van der Waals surface area contributed by atoms with Crippen LogP contribution in [-0.4, -0.2) is 35.0 Å². The van der Waals surface area contributed by atoms with Crippen LogP contribution in [0.5, 0.6) is 0 Å². The molecule has 114 valence electrons. The molecule has 0 spiro atoms. The van der Waals surface area contributed by atoms with Crippen molar-refractivity contribution in [2.75, 3.05) is 7.05 Å². The summed E-state index contributed by atoms with van der Waals surface area (Å²) in [5.74, 6) is -1.43. The highest BCUT2D eigenvalue weighted by Gasteiger charge is 2.13. The van der Waals surface area contributed by atoms with Gasteiger partial charge in [-0.3, -0.25) is 14.9 Å². The van der Waals surface area contributed by atoms with Crippen molar-refractivity contribution in [3.8, 4) is 0 Å². The molecule has 1 aromatic rings. The topological polar surface area (TPSA) is 86.7 Å². The van der Waals surface area contributed by atoms with Gasteiger partial charge in [0.2, 0.25) is 5.91 Å². The van der Waals surface area contributed by atoms with E-state index in [1.165, 1.54) is 4.90 Å². The molecule has 1 aromatic carbocycles. The standard InChI is InChI=1S/C14H17BrN2O4/c1-17(9-10-5-7-11(15)8-6-10)14(21)16-12(18)3-2-4-13(19)20/h5-8H,2-4,9H2,1H3,(H,19,20)(H,16,18,21). The molecule has 0 radical (unpaired) electrons. The number of rotatable bonds is 6. The van der Waals surface area contributed by atoms with Gasteiger partial charge in [-0.05, 0) is 24.1 Å². The molecule has 0 atom stereocenters. The first kappa shape index (κ1) is 17.2. The van der Waals surface area contributed by atoms with Crippen LogP contribution in [0.25, 0.3) is 0 Å². The Bertz CT molecular complexity index is 516. The lowest BCUT2D eigenvalue weighted by Crippen LogP contribution is -2.40. The molecule has 0 saturated heterocycles. The number of hydrogen-bond donors (Lipinski definition) is 2. The fourth-order valence-electron chi connectivity index (χ4n) is 1.61. The van der Waals surface area contributed by atoms with Gasteiger partial charge in [0.05, 0.1) is 0 Å². The van der Waals surface area contributed by atoms with E-state index < -0.39 is 17.9 Å². The summed E-state index contributed by atoms with van der Waals surface area (Å²) >= 11 is 3.33. The number of carbonyl (C=O) groups is 3. The third kappa shape index (κ3) is 6.89. The summed E-state index contributed by atoms with van der Waals surface area (Å²) in [6, 6.07) is 7.00. The van der Waals surface area contributed by atoms with Crippen molar-refractivity contribution in [2.24, 2.45) is 0 Å². The van der Waals surface area contributed by atoms with Gasteiger partial charge in [-0.15, -0.1) is 0 Å². The Hall–Kier alpha value is -1.89. The molecule has 6 nitrogen and oxygen atoms in total. The van der Waals surface area contributed by atoms with Crippen LogP contribution in [0.15, 0.2) is 28.7 Å². The number of urea groups is 1. The number of hydrogen-bond acceptors (Lipinski definition) is 3. The molecule has 0 aliphatic heterocycles. The third-order valence-electron chi connectivity index (χ3n) is 2.72. The molecule has 3 amide bonds. The molecular formula is C14H17BrN2O4. The Morgan fingerprint density at radius 3 is 2.38 bits per heavy atom. The SMILES string of the molecule is CN(Cc1ccc(Br)cc1)C(=O)NC(=O)CCCC(=O)O. The minimum absolute atomic E-state index is 0.0180. The Morgan fingerprint density at radius 2 is 1.81 bits per heavy atom. The molecule has 2 N–H and O–H groups in total. The predicted octanol–water partition coefficient (Wildman–Crippen LogP) is 2.37. The van der Waals surface area contributed by atoms with Gasteiger partial charge in [0.15, 0.2) is 0 Å². The first-order valence-corrected chi connectivity index (χ1v) is 7.19. The molecule has 0 aliphatic carbocycles. The number of nitrogens with one attached hydrogen (secondary N) is 1. The minimum atomic E-state index is -0.957. The number of halogens is 1. The molecule has 0 aliphatic rings. The normalized spacial score (nSPS) is 10.0. The maximum absolute atomic E-state index is 11.8. The van der Waals surface area contributed by atoms with E-state index in [4.69, 9.17) is 5.11 Å². The number of amides is 3. The van der Waals surface area contributed by atoms with Gasteiger partial charge in [0.1, 0.15) is 0 Å². The molecule has 0 fully saturated rings. The largest absolute Gasteiger partial charge is 0.481 e. The van der Waals surface area contributed by atoms with Crippen molar-refractivity contribution in [1.29, 1.82) is 0 Å². The second kappa shape index (κ2) is 8.41. The van der Waals surface area contributed by atoms with E-state index >= 15 is 0 Å². The third-order valence-corrected chi connectivity index (χ3v) is 3.25. The van der Waals surface area contributed by atoms with E-state index in [-0.39, 0.29) is 19.3 Å². The van der Waals surface area contributed by atoms with E-state index in [1.54, 1.807) is 7.05 Å². The van der Waals surface area contributed by atoms with E-state index in [0.717, 1.165) is 10.0 Å². The van der Waals surface area contributed by atoms with Crippen molar-refractivity contribution >= 4 is 33.8 Å². The zero-order chi connectivity index (χ0) is 15.8. The van der Waals surface area contributed by atoms with Crippen LogP contribution in [0.1, 0.15) is 24.8 Å². The Kier molecular flexibility index (Phi) is 6.87. The summed E-state index contributed by atoms with van der Waals surface area (Å²) in [5, 5.41) is 10.7. The van der Waals surface area contributed by atoms with Gasteiger partial charge >= 0.3 is 12.0 Å². The zero-order valence-corrected chi connectivity index (χ0v) is 13.2. The lowest BCUT2D eigenvalue weighted by atomic mass is 10.2. The second-order valence-electron chi connectivity index (χ2n) is 4.58. The van der Waals surface area contributed by atoms with Gasteiger partial charge in [-0.2, -0.15) is 0 Å². The summed E-state index contributed by atoms with van der Waals surface area (Å²) < 4.78 is 0.951. The number of carboxylic acid groups (broad SMARTS) is 1. The number of imide groups is 1. The van der Waals surface area contributed by atoms with Gasteiger partial charge in [-0.1, -0.05) is 28.1 Å². The average Bonchev–Trinajstić information content (AvgIpc) is 2.40. The molecule has 0 heterocycles. The molecule has 7 heteroatoms. The lowest BCUT2D eigenvalue weighted by Gasteiger charge is -2.17. The first-order chi connectivity index (χ1) is 9.88. The molecule has 0 unspecified atom stereocenters. The number of aliphatic carboxylic acids is 1. The number of carbonyl (C=O) groups excluding carboxylic acids is 2. The van der Waals surface area contributed by atoms with Crippen molar-refractivity contribution in [3.63, 3.8) is 0 Å². The fourth-order valence-corrected chi connectivity index (χ4v) is 1.88. The summed E-state index contributed by atoms with van der Waals surface area (Å²) in [7, 11) is 1.59. The summed E-state index contributed by atoms with van der Waals surface area (Å²) in [5.41, 5.74) is 0.939. The summed E-state index contributed by atoms with van der Waals surface area (Å²) in [4.78, 5) is 35.0. The highest BCUT2D eigenvalue weighted by Crippen LogP contribution is 2.11. The van der Waals surface area contributed by atoms with E-state index in [2.05, 4.69) is 21.2 Å². The van der Waals surface area contributed by atoms with Gasteiger partial charge in [0, 0.05) is 30.9 Å². The van der Waals surface area contributed by atoms with Gasteiger partial charge in [0.25, 0.3) is 0 Å². The first-order valence-electron chi connectivity index (χ1n) is 6.39. The average molecular weight is 357 g/mol. The number of benzene rings is 1. The molecule has 1 rings (SSSR count). The number of carboxylic acids is 1. The summed E-state index contributed by atoms with van der Waals surface area (Å²) in [6.07, 6.45) is 0.144. The van der Waals surface area contributed by atoms with Gasteiger partial charge in [-0.25, -0.2) is 4.79 Å². The van der Waals surface area contributed by atoms with Crippen LogP contribution in [0.4, 0.5) is 4.79 Å². The van der Waals surface area contributed by atoms with E-state index in [9.17, 15) is 14.4 Å². The van der Waals surface area contributed by atoms with Gasteiger partial charge < -0.3 is 10.0 Å². The van der Waals surface area contributed by atoms with Crippen LogP contribution >= 0.6 is 15.9 Å². The molecule has 0 bridgehead atoms. The molecular weight excluding hydrogens is 340 g/mol. The monoisotopic (exact) mass is 356 g/mol. The Balaban J connectivity index is 2.38. The second-order valence-corrected chi connectivity index (χ2v) is 5.50. The highest BCUT2D eigenvalue weighted by atomic mass is 79.9. The Labute approximate surface area is 131 Å². The maximum atomic E-state index is 11.8. The van der Waals surface area contributed by atoms with Crippen LogP contribution in [0, 0.1) is 0 Å². The van der Waals surface area contributed by atoms with Crippen LogP contribution in [0.2, 0.25) is 0 Å². The zero-order valence-electron chi connectivity index (χ0n) is 11.6. The van der Waals surface area contributed by atoms with Crippen molar-refractivity contribution in [2.45, 2.75) is 25.8 Å². The Morgan fingerprint density at radius 1 is 1.19 bits per heavy atom.